The predicted molar refractivity (Wildman–Crippen MR) is 101 cm³/mol. The quantitative estimate of drug-likeness (QED) is 0.628. The summed E-state index contributed by atoms with van der Waals surface area (Å²) in [6.07, 6.45) is 3.81. The van der Waals surface area contributed by atoms with Crippen LogP contribution in [-0.2, 0) is 26.2 Å². The van der Waals surface area contributed by atoms with Crippen molar-refractivity contribution in [1.29, 1.82) is 0 Å². The molecule has 5 heteroatoms. The van der Waals surface area contributed by atoms with Gasteiger partial charge in [-0.15, -0.1) is 0 Å². The molecule has 3 aromatic rings. The highest BCUT2D eigenvalue weighted by molar-refractivity contribution is 6.31. The van der Waals surface area contributed by atoms with E-state index in [1.165, 1.54) is 11.3 Å². The fourth-order valence-electron chi connectivity index (χ4n) is 2.96. The van der Waals surface area contributed by atoms with Gasteiger partial charge < -0.3 is 0 Å². The Labute approximate surface area is 154 Å². The molecule has 0 aliphatic rings. The van der Waals surface area contributed by atoms with E-state index in [1.807, 2.05) is 47.4 Å². The molecule has 0 atom stereocenters. The maximum atomic E-state index is 6.37. The molecule has 0 bridgehead atoms. The van der Waals surface area contributed by atoms with E-state index in [9.17, 15) is 0 Å². The minimum atomic E-state index is 0.767. The van der Waals surface area contributed by atoms with Crippen LogP contribution in [0.4, 0.5) is 0 Å². The smallest absolute Gasteiger partial charge is 0.0544 e. The van der Waals surface area contributed by atoms with Crippen molar-refractivity contribution in [3.05, 3.63) is 82.4 Å². The normalized spacial score (nSPS) is 11.2. The summed E-state index contributed by atoms with van der Waals surface area (Å²) in [5, 5.41) is 5.27. The van der Waals surface area contributed by atoms with Crippen LogP contribution in [0.15, 0.2) is 54.9 Å². The van der Waals surface area contributed by atoms with Crippen molar-refractivity contribution in [3.63, 3.8) is 0 Å². The van der Waals surface area contributed by atoms with Gasteiger partial charge in [-0.1, -0.05) is 35.9 Å². The number of halogens is 1. The minimum absolute atomic E-state index is 0.767. The molecule has 1 aromatic carbocycles. The number of hydrogen-bond donors (Lipinski definition) is 0. The zero-order chi connectivity index (χ0) is 17.6. The number of benzene rings is 1. The van der Waals surface area contributed by atoms with Gasteiger partial charge in [0.25, 0.3) is 0 Å². The van der Waals surface area contributed by atoms with E-state index < -0.39 is 0 Å². The minimum Gasteiger partial charge on any atom is -0.289 e. The summed E-state index contributed by atoms with van der Waals surface area (Å²) in [6, 6.07) is 14.0. The highest BCUT2D eigenvalue weighted by atomic mass is 35.5. The summed E-state index contributed by atoms with van der Waals surface area (Å²) in [6.45, 7) is 7.47. The van der Waals surface area contributed by atoms with Crippen LogP contribution < -0.4 is 0 Å². The van der Waals surface area contributed by atoms with Crippen LogP contribution in [0.3, 0.4) is 0 Å². The molecule has 4 nitrogen and oxygen atoms in total. The van der Waals surface area contributed by atoms with Crippen molar-refractivity contribution in [2.75, 3.05) is 0 Å². The Kier molecular flexibility index (Phi) is 5.84. The molecular formula is C20H23ClN4. The molecule has 0 fully saturated rings. The van der Waals surface area contributed by atoms with E-state index in [0.29, 0.717) is 0 Å². The Morgan fingerprint density at radius 2 is 1.76 bits per heavy atom. The molecule has 0 saturated heterocycles. The van der Waals surface area contributed by atoms with E-state index in [4.69, 9.17) is 11.6 Å². The second-order valence-electron chi connectivity index (χ2n) is 6.13. The zero-order valence-electron chi connectivity index (χ0n) is 14.7. The van der Waals surface area contributed by atoms with Crippen molar-refractivity contribution >= 4 is 11.6 Å². The van der Waals surface area contributed by atoms with Gasteiger partial charge in [0.05, 0.1) is 11.9 Å². The van der Waals surface area contributed by atoms with Gasteiger partial charge in [-0.05, 0) is 37.6 Å². The standard InChI is InChI=1S/C20H23ClN4/c1-3-25-16(2)18(12-23-25)14-24(15-19-9-6-7-11-22-19)13-17-8-4-5-10-20(17)21/h4-12H,3,13-15H2,1-2H3. The molecule has 3 rings (SSSR count). The van der Waals surface area contributed by atoms with Gasteiger partial charge in [0.2, 0.25) is 0 Å². The summed E-state index contributed by atoms with van der Waals surface area (Å²) in [5.41, 5.74) is 4.63. The molecule has 25 heavy (non-hydrogen) atoms. The van der Waals surface area contributed by atoms with Crippen molar-refractivity contribution in [2.45, 2.75) is 40.0 Å². The molecule has 0 amide bonds. The van der Waals surface area contributed by atoms with Crippen LogP contribution in [-0.4, -0.2) is 19.7 Å². The third-order valence-corrected chi connectivity index (χ3v) is 4.73. The molecule has 0 aliphatic carbocycles. The first-order valence-corrected chi connectivity index (χ1v) is 8.92. The SMILES string of the molecule is CCn1ncc(CN(Cc2ccccn2)Cc2ccccc2Cl)c1C. The first-order valence-electron chi connectivity index (χ1n) is 8.54. The lowest BCUT2D eigenvalue weighted by molar-refractivity contribution is 0.244. The summed E-state index contributed by atoms with van der Waals surface area (Å²) >= 11 is 6.37. The fraction of sp³-hybridized carbons (Fsp3) is 0.300. The van der Waals surface area contributed by atoms with Gasteiger partial charge in [-0.3, -0.25) is 14.6 Å². The Balaban J connectivity index is 1.83. The van der Waals surface area contributed by atoms with Crippen LogP contribution in [0, 0.1) is 6.92 Å². The fourth-order valence-corrected chi connectivity index (χ4v) is 3.15. The average Bonchev–Trinajstić information content (AvgIpc) is 2.97. The van der Waals surface area contributed by atoms with Gasteiger partial charge in [0.1, 0.15) is 0 Å². The first-order chi connectivity index (χ1) is 12.2. The van der Waals surface area contributed by atoms with E-state index in [2.05, 4.69) is 41.0 Å². The second kappa shape index (κ2) is 8.28. The van der Waals surface area contributed by atoms with Gasteiger partial charge in [-0.25, -0.2) is 0 Å². The number of nitrogens with zero attached hydrogens (tertiary/aromatic N) is 4. The lowest BCUT2D eigenvalue weighted by atomic mass is 10.1. The van der Waals surface area contributed by atoms with Crippen molar-refractivity contribution in [1.82, 2.24) is 19.7 Å². The lowest BCUT2D eigenvalue weighted by Gasteiger charge is -2.22. The van der Waals surface area contributed by atoms with Gasteiger partial charge in [0.15, 0.2) is 0 Å². The number of hydrogen-bond acceptors (Lipinski definition) is 3. The molecule has 2 heterocycles. The molecule has 0 radical (unpaired) electrons. The topological polar surface area (TPSA) is 34.0 Å². The van der Waals surface area contributed by atoms with Crippen LogP contribution in [0.5, 0.6) is 0 Å². The van der Waals surface area contributed by atoms with Gasteiger partial charge in [0, 0.05) is 48.7 Å². The Morgan fingerprint density at radius 3 is 2.44 bits per heavy atom. The molecule has 0 unspecified atom stereocenters. The summed E-state index contributed by atoms with van der Waals surface area (Å²) in [4.78, 5) is 6.83. The summed E-state index contributed by atoms with van der Waals surface area (Å²) < 4.78 is 2.03. The predicted octanol–water partition coefficient (Wildman–Crippen LogP) is 4.46. The Morgan fingerprint density at radius 1 is 1.00 bits per heavy atom. The van der Waals surface area contributed by atoms with E-state index in [-0.39, 0.29) is 0 Å². The van der Waals surface area contributed by atoms with Crippen LogP contribution in [0.1, 0.15) is 29.4 Å². The number of pyridine rings is 1. The van der Waals surface area contributed by atoms with Gasteiger partial charge >= 0.3 is 0 Å². The third-order valence-electron chi connectivity index (χ3n) is 4.36. The average molecular weight is 355 g/mol. The van der Waals surface area contributed by atoms with Gasteiger partial charge in [-0.2, -0.15) is 5.10 Å². The molecule has 0 N–H and O–H groups in total. The first kappa shape index (κ1) is 17.6. The molecule has 0 spiro atoms. The number of rotatable bonds is 7. The lowest BCUT2D eigenvalue weighted by Crippen LogP contribution is -2.23. The molecular weight excluding hydrogens is 332 g/mol. The molecule has 2 aromatic heterocycles. The molecule has 0 saturated carbocycles. The van der Waals surface area contributed by atoms with Crippen molar-refractivity contribution < 1.29 is 0 Å². The van der Waals surface area contributed by atoms with Crippen LogP contribution in [0.25, 0.3) is 0 Å². The molecule has 0 aliphatic heterocycles. The van der Waals surface area contributed by atoms with E-state index >= 15 is 0 Å². The van der Waals surface area contributed by atoms with Crippen molar-refractivity contribution in [2.24, 2.45) is 0 Å². The van der Waals surface area contributed by atoms with E-state index in [1.54, 1.807) is 0 Å². The third kappa shape index (κ3) is 4.47. The van der Waals surface area contributed by atoms with E-state index in [0.717, 1.165) is 42.5 Å². The second-order valence-corrected chi connectivity index (χ2v) is 6.54. The zero-order valence-corrected chi connectivity index (χ0v) is 15.4. The largest absolute Gasteiger partial charge is 0.289 e. The number of aromatic nitrogens is 3. The monoisotopic (exact) mass is 354 g/mol. The van der Waals surface area contributed by atoms with Crippen LogP contribution >= 0.6 is 11.6 Å². The summed E-state index contributed by atoms with van der Waals surface area (Å²) in [5.74, 6) is 0. The highest BCUT2D eigenvalue weighted by Crippen LogP contribution is 2.20. The Bertz CT molecular complexity index is 814. The maximum absolute atomic E-state index is 6.37. The highest BCUT2D eigenvalue weighted by Gasteiger charge is 2.14. The van der Waals surface area contributed by atoms with Crippen molar-refractivity contribution in [3.8, 4) is 0 Å². The maximum Gasteiger partial charge on any atom is 0.0544 e. The Hall–Kier alpha value is -2.17. The van der Waals surface area contributed by atoms with Crippen LogP contribution in [0.2, 0.25) is 5.02 Å². The summed E-state index contributed by atoms with van der Waals surface area (Å²) in [7, 11) is 0. The molecule has 130 valence electrons. The number of aryl methyl sites for hydroxylation is 1.